The fourth-order valence-corrected chi connectivity index (χ4v) is 3.37. The minimum Gasteiger partial charge on any atom is -0.345 e. The second-order valence-electron chi connectivity index (χ2n) is 5.49. The van der Waals surface area contributed by atoms with Crippen molar-refractivity contribution in [2.45, 2.75) is 13.8 Å². The number of anilines is 2. The number of carbonyl (C=O) groups is 1. The van der Waals surface area contributed by atoms with Gasteiger partial charge in [-0.15, -0.1) is 11.3 Å². The molecule has 6 heteroatoms. The van der Waals surface area contributed by atoms with Gasteiger partial charge in [0.05, 0.1) is 0 Å². The predicted molar refractivity (Wildman–Crippen MR) is 90.8 cm³/mol. The van der Waals surface area contributed by atoms with Crippen LogP contribution >= 0.6 is 11.3 Å². The van der Waals surface area contributed by atoms with Crippen LogP contribution in [0.4, 0.5) is 15.6 Å². The minimum atomic E-state index is -0.0174. The molecular weight excluding hydrogens is 296 g/mol. The average molecular weight is 316 g/mol. The first-order valence-corrected chi connectivity index (χ1v) is 8.29. The highest BCUT2D eigenvalue weighted by molar-refractivity contribution is 7.13. The summed E-state index contributed by atoms with van der Waals surface area (Å²) in [5, 5.41) is 6.07. The highest BCUT2D eigenvalue weighted by Crippen LogP contribution is 2.21. The van der Waals surface area contributed by atoms with Crippen molar-refractivity contribution in [3.05, 3.63) is 40.9 Å². The monoisotopic (exact) mass is 316 g/mol. The van der Waals surface area contributed by atoms with Crippen LogP contribution in [-0.2, 0) is 0 Å². The number of aryl methyl sites for hydroxylation is 2. The Bertz CT molecular complexity index is 628. The van der Waals surface area contributed by atoms with E-state index in [4.69, 9.17) is 0 Å². The molecule has 3 rings (SSSR count). The molecule has 0 bridgehead atoms. The van der Waals surface area contributed by atoms with E-state index in [0.29, 0.717) is 0 Å². The van der Waals surface area contributed by atoms with Crippen LogP contribution in [0.15, 0.2) is 29.8 Å². The first kappa shape index (κ1) is 14.8. The van der Waals surface area contributed by atoms with E-state index in [0.717, 1.165) is 48.1 Å². The molecule has 0 unspecified atom stereocenters. The highest BCUT2D eigenvalue weighted by Gasteiger charge is 2.22. The summed E-state index contributed by atoms with van der Waals surface area (Å²) in [6.45, 7) is 7.13. The number of piperazine rings is 1. The second kappa shape index (κ2) is 6.36. The van der Waals surface area contributed by atoms with E-state index in [1.54, 1.807) is 11.3 Å². The van der Waals surface area contributed by atoms with Crippen LogP contribution < -0.4 is 10.2 Å². The summed E-state index contributed by atoms with van der Waals surface area (Å²) >= 11 is 1.64. The number of thiazole rings is 1. The normalized spacial score (nSPS) is 15.0. The van der Waals surface area contributed by atoms with Gasteiger partial charge in [0.15, 0.2) is 5.13 Å². The maximum atomic E-state index is 12.4. The summed E-state index contributed by atoms with van der Waals surface area (Å²) in [5.41, 5.74) is 3.11. The van der Waals surface area contributed by atoms with Crippen LogP contribution in [0.5, 0.6) is 0 Å². The molecule has 1 fully saturated rings. The number of urea groups is 1. The van der Waals surface area contributed by atoms with Crippen molar-refractivity contribution in [3.63, 3.8) is 0 Å². The fraction of sp³-hybridized carbons (Fsp3) is 0.375. The Morgan fingerprint density at radius 1 is 1.18 bits per heavy atom. The molecular formula is C16H20N4OS. The van der Waals surface area contributed by atoms with Gasteiger partial charge >= 0.3 is 6.03 Å². The van der Waals surface area contributed by atoms with Crippen LogP contribution in [-0.4, -0.2) is 42.1 Å². The topological polar surface area (TPSA) is 48.5 Å². The van der Waals surface area contributed by atoms with E-state index in [1.165, 1.54) is 0 Å². The average Bonchev–Trinajstić information content (AvgIpc) is 3.05. The van der Waals surface area contributed by atoms with E-state index >= 15 is 0 Å². The molecule has 1 aliphatic heterocycles. The molecule has 0 radical (unpaired) electrons. The van der Waals surface area contributed by atoms with Crippen LogP contribution in [0.25, 0.3) is 0 Å². The van der Waals surface area contributed by atoms with Gasteiger partial charge in [0, 0.05) is 43.4 Å². The maximum Gasteiger partial charge on any atom is 0.321 e. The van der Waals surface area contributed by atoms with Gasteiger partial charge in [-0.2, -0.15) is 0 Å². The number of amides is 2. The van der Waals surface area contributed by atoms with E-state index in [-0.39, 0.29) is 6.03 Å². The number of rotatable bonds is 2. The SMILES string of the molecule is Cc1cccc(C)c1NC(=O)N1CCN(c2nccs2)CC1. The zero-order chi connectivity index (χ0) is 15.5. The summed E-state index contributed by atoms with van der Waals surface area (Å²) in [7, 11) is 0. The van der Waals surface area contributed by atoms with Crippen molar-refractivity contribution in [1.82, 2.24) is 9.88 Å². The molecule has 22 heavy (non-hydrogen) atoms. The molecule has 0 atom stereocenters. The van der Waals surface area contributed by atoms with E-state index in [1.807, 2.05) is 48.5 Å². The molecule has 1 aromatic carbocycles. The number of nitrogens with zero attached hydrogens (tertiary/aromatic N) is 3. The molecule has 1 aliphatic rings. The predicted octanol–water partition coefficient (Wildman–Crippen LogP) is 3.11. The van der Waals surface area contributed by atoms with Crippen LogP contribution in [0.3, 0.4) is 0 Å². The Kier molecular flexibility index (Phi) is 4.29. The van der Waals surface area contributed by atoms with E-state index in [2.05, 4.69) is 15.2 Å². The first-order valence-electron chi connectivity index (χ1n) is 7.42. The Morgan fingerprint density at radius 2 is 1.86 bits per heavy atom. The van der Waals surface area contributed by atoms with Crippen molar-refractivity contribution >= 4 is 28.2 Å². The van der Waals surface area contributed by atoms with Gasteiger partial charge in [-0.3, -0.25) is 0 Å². The molecule has 0 saturated carbocycles. The molecule has 1 N–H and O–H groups in total. The number of aromatic nitrogens is 1. The van der Waals surface area contributed by atoms with Gasteiger partial charge < -0.3 is 15.1 Å². The standard InChI is InChI=1S/C16H20N4OS/c1-12-4-3-5-13(2)14(12)18-15(21)19-7-9-20(10-8-19)16-17-6-11-22-16/h3-6,11H,7-10H2,1-2H3,(H,18,21). The summed E-state index contributed by atoms with van der Waals surface area (Å²) in [4.78, 5) is 20.9. The summed E-state index contributed by atoms with van der Waals surface area (Å²) in [5.74, 6) is 0. The van der Waals surface area contributed by atoms with Crippen molar-refractivity contribution in [2.24, 2.45) is 0 Å². The van der Waals surface area contributed by atoms with Crippen LogP contribution in [0, 0.1) is 13.8 Å². The Labute approximate surface area is 134 Å². The minimum absolute atomic E-state index is 0.0174. The second-order valence-corrected chi connectivity index (χ2v) is 6.36. The van der Waals surface area contributed by atoms with Gasteiger partial charge in [-0.1, -0.05) is 18.2 Å². The van der Waals surface area contributed by atoms with E-state index < -0.39 is 0 Å². The summed E-state index contributed by atoms with van der Waals surface area (Å²) in [6.07, 6.45) is 1.82. The molecule has 1 aromatic heterocycles. The molecule has 2 aromatic rings. The number of benzene rings is 1. The smallest absolute Gasteiger partial charge is 0.321 e. The van der Waals surface area contributed by atoms with Crippen molar-refractivity contribution in [1.29, 1.82) is 0 Å². The number of hydrogen-bond acceptors (Lipinski definition) is 4. The van der Waals surface area contributed by atoms with Crippen LogP contribution in [0.2, 0.25) is 0 Å². The van der Waals surface area contributed by atoms with Gasteiger partial charge in [-0.25, -0.2) is 9.78 Å². The van der Waals surface area contributed by atoms with Gasteiger partial charge in [-0.05, 0) is 25.0 Å². The summed E-state index contributed by atoms with van der Waals surface area (Å²) in [6, 6.07) is 6.02. The number of para-hydroxylation sites is 1. The van der Waals surface area contributed by atoms with Crippen molar-refractivity contribution < 1.29 is 4.79 Å². The van der Waals surface area contributed by atoms with Crippen LogP contribution in [0.1, 0.15) is 11.1 Å². The lowest BCUT2D eigenvalue weighted by molar-refractivity contribution is 0.208. The third-order valence-electron chi connectivity index (χ3n) is 3.97. The quantitative estimate of drug-likeness (QED) is 0.926. The van der Waals surface area contributed by atoms with Crippen molar-refractivity contribution in [3.8, 4) is 0 Å². The molecule has 0 spiro atoms. The molecule has 1 saturated heterocycles. The zero-order valence-corrected chi connectivity index (χ0v) is 13.7. The molecule has 116 valence electrons. The Hall–Kier alpha value is -2.08. The lowest BCUT2D eigenvalue weighted by Crippen LogP contribution is -2.50. The van der Waals surface area contributed by atoms with Gasteiger partial charge in [0.2, 0.25) is 0 Å². The van der Waals surface area contributed by atoms with E-state index in [9.17, 15) is 4.79 Å². The third kappa shape index (κ3) is 3.06. The third-order valence-corrected chi connectivity index (χ3v) is 4.80. The Balaban J connectivity index is 1.60. The number of nitrogens with one attached hydrogen (secondary N) is 1. The zero-order valence-electron chi connectivity index (χ0n) is 12.9. The first-order chi connectivity index (χ1) is 10.6. The van der Waals surface area contributed by atoms with Gasteiger partial charge in [0.25, 0.3) is 0 Å². The fourth-order valence-electron chi connectivity index (χ4n) is 2.67. The number of hydrogen-bond donors (Lipinski definition) is 1. The Morgan fingerprint density at radius 3 is 2.45 bits per heavy atom. The largest absolute Gasteiger partial charge is 0.345 e. The lowest BCUT2D eigenvalue weighted by atomic mass is 10.1. The molecule has 0 aliphatic carbocycles. The maximum absolute atomic E-state index is 12.4. The van der Waals surface area contributed by atoms with Gasteiger partial charge in [0.1, 0.15) is 0 Å². The highest BCUT2D eigenvalue weighted by atomic mass is 32.1. The number of carbonyl (C=O) groups excluding carboxylic acids is 1. The van der Waals surface area contributed by atoms with Crippen molar-refractivity contribution in [2.75, 3.05) is 36.4 Å². The molecule has 2 amide bonds. The molecule has 2 heterocycles. The lowest BCUT2D eigenvalue weighted by Gasteiger charge is -2.34. The summed E-state index contributed by atoms with van der Waals surface area (Å²) < 4.78 is 0. The molecule has 5 nitrogen and oxygen atoms in total.